The molecule has 0 spiro atoms. The number of amides is 1. The summed E-state index contributed by atoms with van der Waals surface area (Å²) < 4.78 is 5.40. The lowest BCUT2D eigenvalue weighted by Gasteiger charge is -2.16. The molecule has 0 N–H and O–H groups in total. The number of ketones is 1. The zero-order valence-corrected chi connectivity index (χ0v) is 12.4. The molecule has 0 atom stereocenters. The van der Waals surface area contributed by atoms with Gasteiger partial charge in [0.15, 0.2) is 5.75 Å². The highest BCUT2D eigenvalue weighted by Crippen LogP contribution is 2.35. The van der Waals surface area contributed by atoms with Crippen LogP contribution in [-0.2, 0) is 9.59 Å². The summed E-state index contributed by atoms with van der Waals surface area (Å²) in [4.78, 5) is 22.9. The van der Waals surface area contributed by atoms with Gasteiger partial charge in [-0.2, -0.15) is 0 Å². The van der Waals surface area contributed by atoms with Crippen molar-refractivity contribution >= 4 is 47.0 Å². The number of ether oxygens (including phenoxy) is 1. The van der Waals surface area contributed by atoms with E-state index in [4.69, 9.17) is 39.5 Å². The summed E-state index contributed by atoms with van der Waals surface area (Å²) in [5.74, 6) is 0.205. The Morgan fingerprint density at radius 1 is 1.32 bits per heavy atom. The predicted octanol–water partition coefficient (Wildman–Crippen LogP) is 3.07. The molecule has 7 heteroatoms. The zero-order chi connectivity index (χ0) is 14.4. The number of nitrogens with zero attached hydrogens (tertiary/aromatic N) is 1. The maximum absolute atomic E-state index is 10.9. The molecule has 1 aromatic carbocycles. The molecule has 4 nitrogen and oxygen atoms in total. The lowest BCUT2D eigenvalue weighted by Crippen LogP contribution is -2.31. The molecule has 0 aromatic heterocycles. The van der Waals surface area contributed by atoms with Crippen molar-refractivity contribution in [1.82, 2.24) is 4.90 Å². The number of carbonyl (C=O) groups excluding carboxylic acids is 2. The summed E-state index contributed by atoms with van der Waals surface area (Å²) in [6, 6.07) is 3.02. The number of hydrogen-bond donors (Lipinski definition) is 0. The van der Waals surface area contributed by atoms with E-state index >= 15 is 0 Å². The SMILES string of the molecule is CC(=O)CN(C=O)CCOc1c(Cl)cc(Cl)cc1Cl. The first-order chi connectivity index (χ1) is 8.93. The second kappa shape index (κ2) is 7.58. The molecule has 0 saturated heterocycles. The smallest absolute Gasteiger partial charge is 0.210 e. The fraction of sp³-hybridized carbons (Fsp3) is 0.333. The van der Waals surface area contributed by atoms with Crippen molar-refractivity contribution in [3.63, 3.8) is 0 Å². The first-order valence-electron chi connectivity index (χ1n) is 5.40. The van der Waals surface area contributed by atoms with Crippen molar-refractivity contribution in [3.8, 4) is 5.75 Å². The summed E-state index contributed by atoms with van der Waals surface area (Å²) in [5.41, 5.74) is 0. The van der Waals surface area contributed by atoms with Crippen LogP contribution in [0.3, 0.4) is 0 Å². The van der Waals surface area contributed by atoms with E-state index in [2.05, 4.69) is 0 Å². The minimum absolute atomic E-state index is 0.0505. The number of benzene rings is 1. The summed E-state index contributed by atoms with van der Waals surface area (Å²) in [6.45, 7) is 1.89. The zero-order valence-electron chi connectivity index (χ0n) is 10.2. The molecule has 0 radical (unpaired) electrons. The molecule has 19 heavy (non-hydrogen) atoms. The molecule has 104 valence electrons. The van der Waals surface area contributed by atoms with Crippen LogP contribution in [0.15, 0.2) is 12.1 Å². The highest BCUT2D eigenvalue weighted by Gasteiger charge is 2.10. The van der Waals surface area contributed by atoms with Gasteiger partial charge in [0.2, 0.25) is 6.41 Å². The normalized spacial score (nSPS) is 10.1. The van der Waals surface area contributed by atoms with Gasteiger partial charge in [0, 0.05) is 5.02 Å². The second-order valence-electron chi connectivity index (χ2n) is 3.82. The number of rotatable bonds is 7. The van der Waals surface area contributed by atoms with Crippen LogP contribution in [0.1, 0.15) is 6.92 Å². The molecule has 0 unspecified atom stereocenters. The molecular formula is C12H12Cl3NO3. The topological polar surface area (TPSA) is 46.6 Å². The molecular weight excluding hydrogens is 312 g/mol. The lowest BCUT2D eigenvalue weighted by molar-refractivity contribution is -0.125. The van der Waals surface area contributed by atoms with Crippen molar-refractivity contribution < 1.29 is 14.3 Å². The van der Waals surface area contributed by atoms with E-state index in [1.807, 2.05) is 0 Å². The van der Waals surface area contributed by atoms with E-state index in [0.717, 1.165) is 0 Å². The first kappa shape index (κ1) is 16.1. The predicted molar refractivity (Wildman–Crippen MR) is 75.3 cm³/mol. The van der Waals surface area contributed by atoms with Crippen LogP contribution in [0.2, 0.25) is 15.1 Å². The maximum Gasteiger partial charge on any atom is 0.210 e. The first-order valence-corrected chi connectivity index (χ1v) is 6.53. The van der Waals surface area contributed by atoms with Crippen molar-refractivity contribution in [1.29, 1.82) is 0 Å². The van der Waals surface area contributed by atoms with E-state index in [9.17, 15) is 9.59 Å². The standard InChI is InChI=1S/C12H12Cl3NO3/c1-8(18)6-16(7-17)2-3-19-12-10(14)4-9(13)5-11(12)15/h4-5,7H,2-3,6H2,1H3. The fourth-order valence-electron chi connectivity index (χ4n) is 1.39. The quantitative estimate of drug-likeness (QED) is 0.724. The maximum atomic E-state index is 10.9. The van der Waals surface area contributed by atoms with Gasteiger partial charge in [-0.3, -0.25) is 9.59 Å². The molecule has 1 rings (SSSR count). The second-order valence-corrected chi connectivity index (χ2v) is 5.08. The van der Waals surface area contributed by atoms with Crippen molar-refractivity contribution in [2.75, 3.05) is 19.7 Å². The molecule has 0 aliphatic heterocycles. The highest BCUT2D eigenvalue weighted by molar-refractivity contribution is 6.40. The minimum atomic E-state index is -0.102. The van der Waals surface area contributed by atoms with Crippen molar-refractivity contribution in [3.05, 3.63) is 27.2 Å². The summed E-state index contributed by atoms with van der Waals surface area (Å²) >= 11 is 17.6. The van der Waals surface area contributed by atoms with Crippen LogP contribution in [0.4, 0.5) is 0 Å². The molecule has 0 heterocycles. The average molecular weight is 325 g/mol. The highest BCUT2D eigenvalue weighted by atomic mass is 35.5. The van der Waals surface area contributed by atoms with Gasteiger partial charge in [-0.25, -0.2) is 0 Å². The van der Waals surface area contributed by atoms with E-state index in [1.165, 1.54) is 24.0 Å². The van der Waals surface area contributed by atoms with Gasteiger partial charge in [-0.15, -0.1) is 0 Å². The van der Waals surface area contributed by atoms with Crippen LogP contribution in [0.5, 0.6) is 5.75 Å². The third kappa shape index (κ3) is 5.27. The largest absolute Gasteiger partial charge is 0.489 e. The van der Waals surface area contributed by atoms with Gasteiger partial charge >= 0.3 is 0 Å². The molecule has 0 bridgehead atoms. The Hall–Kier alpha value is -0.970. The summed E-state index contributed by atoms with van der Waals surface area (Å²) in [6.07, 6.45) is 0.593. The van der Waals surface area contributed by atoms with E-state index < -0.39 is 0 Å². The van der Waals surface area contributed by atoms with Crippen LogP contribution in [-0.4, -0.2) is 36.8 Å². The summed E-state index contributed by atoms with van der Waals surface area (Å²) in [7, 11) is 0. The van der Waals surface area contributed by atoms with Crippen LogP contribution in [0.25, 0.3) is 0 Å². The Morgan fingerprint density at radius 2 is 1.89 bits per heavy atom. The van der Waals surface area contributed by atoms with E-state index in [1.54, 1.807) is 0 Å². The molecule has 0 aliphatic rings. The van der Waals surface area contributed by atoms with Gasteiger partial charge in [0.25, 0.3) is 0 Å². The molecule has 0 aliphatic carbocycles. The lowest BCUT2D eigenvalue weighted by atomic mass is 10.3. The Kier molecular flexibility index (Phi) is 6.42. The van der Waals surface area contributed by atoms with Crippen LogP contribution in [0, 0.1) is 0 Å². The number of Topliss-reactive ketones (excluding diaryl/α,β-unsaturated/α-hetero) is 1. The third-order valence-corrected chi connectivity index (χ3v) is 2.94. The monoisotopic (exact) mass is 323 g/mol. The molecule has 1 aromatic rings. The molecule has 0 saturated carbocycles. The van der Waals surface area contributed by atoms with Gasteiger partial charge in [0.05, 0.1) is 23.1 Å². The van der Waals surface area contributed by atoms with E-state index in [-0.39, 0.29) is 25.5 Å². The van der Waals surface area contributed by atoms with Crippen LogP contribution < -0.4 is 4.74 Å². The van der Waals surface area contributed by atoms with Crippen molar-refractivity contribution in [2.24, 2.45) is 0 Å². The van der Waals surface area contributed by atoms with Gasteiger partial charge < -0.3 is 9.64 Å². The number of halogens is 3. The Morgan fingerprint density at radius 3 is 2.37 bits per heavy atom. The Balaban J connectivity index is 2.58. The third-order valence-electron chi connectivity index (χ3n) is 2.16. The fourth-order valence-corrected chi connectivity index (χ4v) is 2.31. The summed E-state index contributed by atoms with van der Waals surface area (Å²) in [5, 5.41) is 0.997. The average Bonchev–Trinajstić information content (AvgIpc) is 2.30. The Labute approximate surface area is 126 Å². The van der Waals surface area contributed by atoms with Crippen LogP contribution >= 0.6 is 34.8 Å². The number of hydrogen-bond acceptors (Lipinski definition) is 3. The van der Waals surface area contributed by atoms with Gasteiger partial charge in [0.1, 0.15) is 12.4 Å². The Bertz CT molecular complexity index is 456. The van der Waals surface area contributed by atoms with Gasteiger partial charge in [-0.05, 0) is 19.1 Å². The molecule has 0 fully saturated rings. The number of carbonyl (C=O) groups is 2. The molecule has 1 amide bonds. The van der Waals surface area contributed by atoms with E-state index in [0.29, 0.717) is 27.2 Å². The van der Waals surface area contributed by atoms with Gasteiger partial charge in [-0.1, -0.05) is 34.8 Å². The van der Waals surface area contributed by atoms with Crippen molar-refractivity contribution in [2.45, 2.75) is 6.92 Å². The minimum Gasteiger partial charge on any atom is -0.489 e.